The van der Waals surface area contributed by atoms with Crippen LogP contribution in [-0.2, 0) is 12.4 Å². The summed E-state index contributed by atoms with van der Waals surface area (Å²) in [6, 6.07) is 2.09. The van der Waals surface area contributed by atoms with Gasteiger partial charge in [0.25, 0.3) is 0 Å². The smallest absolute Gasteiger partial charge is 0.383 e. The molecule has 5 nitrogen and oxygen atoms in total. The van der Waals surface area contributed by atoms with Crippen LogP contribution in [0.15, 0.2) is 35.6 Å². The second kappa shape index (κ2) is 7.41. The first-order valence-corrected chi connectivity index (χ1v) is 9.23. The number of nitrogens with two attached hydrogens (primary N) is 1. The van der Waals surface area contributed by atoms with E-state index in [0.29, 0.717) is 16.8 Å². The highest BCUT2D eigenvalue weighted by atomic mass is 35.5. The average molecular weight is 454 g/mol. The van der Waals surface area contributed by atoms with Crippen molar-refractivity contribution in [2.24, 2.45) is 0 Å². The van der Waals surface area contributed by atoms with Gasteiger partial charge in [-0.25, -0.2) is 9.97 Å². The summed E-state index contributed by atoms with van der Waals surface area (Å²) in [6.07, 6.45) is -5.65. The van der Waals surface area contributed by atoms with Crippen molar-refractivity contribution in [2.75, 3.05) is 12.0 Å². The fourth-order valence-corrected chi connectivity index (χ4v) is 3.30. The molecule has 29 heavy (non-hydrogen) atoms. The molecule has 0 bridgehead atoms. The van der Waals surface area contributed by atoms with Crippen molar-refractivity contribution in [1.82, 2.24) is 19.7 Å². The minimum atomic E-state index is -5.00. The maximum atomic E-state index is 13.6. The van der Waals surface area contributed by atoms with Gasteiger partial charge < -0.3 is 5.73 Å². The summed E-state index contributed by atoms with van der Waals surface area (Å²) in [5.74, 6) is -0.643. The first-order valence-electron chi connectivity index (χ1n) is 7.62. The van der Waals surface area contributed by atoms with Gasteiger partial charge in [0.15, 0.2) is 11.5 Å². The Morgan fingerprint density at radius 3 is 2.24 bits per heavy atom. The summed E-state index contributed by atoms with van der Waals surface area (Å²) in [5, 5.41) is 3.31. The zero-order valence-electron chi connectivity index (χ0n) is 14.3. The summed E-state index contributed by atoms with van der Waals surface area (Å²) in [4.78, 5) is 7.93. The van der Waals surface area contributed by atoms with Crippen molar-refractivity contribution in [1.29, 1.82) is 0 Å². The highest BCUT2D eigenvalue weighted by Gasteiger charge is 2.41. The lowest BCUT2D eigenvalue weighted by atomic mass is 10.0. The van der Waals surface area contributed by atoms with Crippen molar-refractivity contribution in [3.63, 3.8) is 0 Å². The Bertz CT molecular complexity index is 1060. The molecule has 0 aliphatic rings. The molecule has 0 saturated heterocycles. The number of halogens is 7. The monoisotopic (exact) mass is 453 g/mol. The third-order valence-electron chi connectivity index (χ3n) is 3.74. The molecule has 2 heterocycles. The minimum Gasteiger partial charge on any atom is -0.383 e. The lowest BCUT2D eigenvalue weighted by molar-refractivity contribution is -0.140. The number of thioether (sulfide) groups is 1. The van der Waals surface area contributed by atoms with E-state index in [1.165, 1.54) is 12.4 Å². The van der Waals surface area contributed by atoms with Crippen LogP contribution in [0.4, 0.5) is 32.2 Å². The molecule has 0 aliphatic carbocycles. The van der Waals surface area contributed by atoms with Crippen molar-refractivity contribution in [3.8, 4) is 16.9 Å². The second-order valence-electron chi connectivity index (χ2n) is 5.63. The van der Waals surface area contributed by atoms with Gasteiger partial charge in [-0.05, 0) is 30.0 Å². The minimum absolute atomic E-state index is 0.0904. The number of hydrogen-bond acceptors (Lipinski definition) is 5. The zero-order chi connectivity index (χ0) is 21.6. The number of anilines is 1. The molecule has 0 unspecified atom stereocenters. The van der Waals surface area contributed by atoms with E-state index in [-0.39, 0.29) is 10.8 Å². The van der Waals surface area contributed by atoms with Gasteiger partial charge in [0.1, 0.15) is 10.8 Å². The van der Waals surface area contributed by atoms with E-state index in [1.807, 2.05) is 0 Å². The summed E-state index contributed by atoms with van der Waals surface area (Å²) in [5.41, 5.74) is 2.00. The van der Waals surface area contributed by atoms with E-state index in [0.717, 1.165) is 17.8 Å². The van der Waals surface area contributed by atoms with Crippen LogP contribution in [0, 0.1) is 0 Å². The lowest BCUT2D eigenvalue weighted by Crippen LogP contribution is -2.10. The van der Waals surface area contributed by atoms with Crippen molar-refractivity contribution >= 4 is 29.2 Å². The van der Waals surface area contributed by atoms with Gasteiger partial charge in [0.05, 0.1) is 11.1 Å². The molecule has 0 radical (unpaired) electrons. The third-order valence-corrected chi connectivity index (χ3v) is 4.64. The molecule has 0 amide bonds. The van der Waals surface area contributed by atoms with Crippen LogP contribution in [0.2, 0.25) is 5.02 Å². The first-order chi connectivity index (χ1) is 13.4. The number of hydrogen-bond donors (Lipinski definition) is 1. The standard InChI is InChI=1S/C16H10ClF6N5S/c1-29-14-13(25-2-3-26-14)28-12(24)10(11(27-28)16(21,22)23)7-4-8(15(18,19)20)6-9(17)5-7/h2-6H,24H2,1H3. The van der Waals surface area contributed by atoms with Gasteiger partial charge in [-0.1, -0.05) is 11.6 Å². The van der Waals surface area contributed by atoms with Gasteiger partial charge in [0, 0.05) is 17.4 Å². The molecule has 1 aromatic carbocycles. The molecule has 0 fully saturated rings. The number of nitrogen functional groups attached to an aromatic ring is 1. The van der Waals surface area contributed by atoms with Gasteiger partial charge in [-0.15, -0.1) is 11.8 Å². The predicted molar refractivity (Wildman–Crippen MR) is 95.8 cm³/mol. The van der Waals surface area contributed by atoms with E-state index in [9.17, 15) is 26.3 Å². The average Bonchev–Trinajstić information content (AvgIpc) is 2.98. The van der Waals surface area contributed by atoms with Crippen LogP contribution < -0.4 is 5.73 Å². The van der Waals surface area contributed by atoms with Crippen LogP contribution in [0.1, 0.15) is 11.3 Å². The molecule has 13 heteroatoms. The summed E-state index contributed by atoms with van der Waals surface area (Å²) >= 11 is 6.81. The largest absolute Gasteiger partial charge is 0.435 e. The second-order valence-corrected chi connectivity index (χ2v) is 6.87. The van der Waals surface area contributed by atoms with Gasteiger partial charge in [0.2, 0.25) is 0 Å². The Morgan fingerprint density at radius 2 is 1.66 bits per heavy atom. The Hall–Kier alpha value is -2.47. The van der Waals surface area contributed by atoms with Gasteiger partial charge in [-0.3, -0.25) is 0 Å². The Balaban J connectivity index is 2.33. The van der Waals surface area contributed by atoms with Crippen molar-refractivity contribution in [3.05, 3.63) is 46.9 Å². The summed E-state index contributed by atoms with van der Waals surface area (Å²) < 4.78 is 80.9. The van der Waals surface area contributed by atoms with E-state index >= 15 is 0 Å². The van der Waals surface area contributed by atoms with Crippen LogP contribution >= 0.6 is 23.4 Å². The van der Waals surface area contributed by atoms with Gasteiger partial charge in [-0.2, -0.15) is 36.1 Å². The highest BCUT2D eigenvalue weighted by Crippen LogP contribution is 2.43. The molecular formula is C16H10ClF6N5S. The molecule has 0 aliphatic heterocycles. The fourth-order valence-electron chi connectivity index (χ4n) is 2.58. The molecule has 0 atom stereocenters. The Labute approximate surface area is 168 Å². The first kappa shape index (κ1) is 21.2. The maximum absolute atomic E-state index is 13.6. The molecule has 3 rings (SSSR count). The number of alkyl halides is 6. The fraction of sp³-hybridized carbons (Fsp3) is 0.188. The van der Waals surface area contributed by atoms with E-state index in [2.05, 4.69) is 15.1 Å². The Kier molecular flexibility index (Phi) is 5.43. The zero-order valence-corrected chi connectivity index (χ0v) is 15.9. The molecule has 0 saturated carbocycles. The lowest BCUT2D eigenvalue weighted by Gasteiger charge is -2.12. The molecule has 2 aromatic heterocycles. The summed E-state index contributed by atoms with van der Waals surface area (Å²) in [7, 11) is 0. The predicted octanol–water partition coefficient (Wildman–Crippen LogP) is 5.32. The van der Waals surface area contributed by atoms with Crippen molar-refractivity contribution < 1.29 is 26.3 Å². The number of benzene rings is 1. The molecule has 0 spiro atoms. The normalized spacial score (nSPS) is 12.4. The van der Waals surface area contributed by atoms with E-state index in [4.69, 9.17) is 17.3 Å². The highest BCUT2D eigenvalue weighted by molar-refractivity contribution is 7.98. The quantitative estimate of drug-likeness (QED) is 0.429. The number of nitrogens with zero attached hydrogens (tertiary/aromatic N) is 4. The number of rotatable bonds is 3. The van der Waals surface area contributed by atoms with Crippen LogP contribution in [-0.4, -0.2) is 26.0 Å². The van der Waals surface area contributed by atoms with Crippen molar-refractivity contribution in [2.45, 2.75) is 17.4 Å². The number of aromatic nitrogens is 4. The third kappa shape index (κ3) is 4.13. The molecule has 2 N–H and O–H groups in total. The SMILES string of the molecule is CSc1nccnc1-n1nc(C(F)(F)F)c(-c2cc(Cl)cc(C(F)(F)F)c2)c1N. The van der Waals surface area contributed by atoms with E-state index in [1.54, 1.807) is 6.26 Å². The van der Waals surface area contributed by atoms with Crippen LogP contribution in [0.25, 0.3) is 16.9 Å². The summed E-state index contributed by atoms with van der Waals surface area (Å²) in [6.45, 7) is 0. The van der Waals surface area contributed by atoms with Crippen LogP contribution in [0.3, 0.4) is 0 Å². The topological polar surface area (TPSA) is 69.6 Å². The molecular weight excluding hydrogens is 444 g/mol. The Morgan fingerprint density at radius 1 is 1.00 bits per heavy atom. The maximum Gasteiger partial charge on any atom is 0.435 e. The van der Waals surface area contributed by atoms with E-state index < -0.39 is 45.6 Å². The molecule has 3 aromatic rings. The van der Waals surface area contributed by atoms with Gasteiger partial charge >= 0.3 is 12.4 Å². The molecule has 154 valence electrons. The van der Waals surface area contributed by atoms with Crippen LogP contribution in [0.5, 0.6) is 0 Å².